The minimum Gasteiger partial charge on any atom is -0.459 e. The molecule has 1 amide bonds. The van der Waals surface area contributed by atoms with Crippen molar-refractivity contribution in [2.45, 2.75) is 25.9 Å². The van der Waals surface area contributed by atoms with E-state index in [1.54, 1.807) is 23.1 Å². The fourth-order valence-corrected chi connectivity index (χ4v) is 5.61. The summed E-state index contributed by atoms with van der Waals surface area (Å²) in [6, 6.07) is 18.0. The molecule has 30 heavy (non-hydrogen) atoms. The second-order valence-electron chi connectivity index (χ2n) is 7.58. The number of rotatable bonds is 5. The van der Waals surface area contributed by atoms with E-state index in [0.717, 1.165) is 11.1 Å². The van der Waals surface area contributed by atoms with Gasteiger partial charge in [-0.1, -0.05) is 29.8 Å². The van der Waals surface area contributed by atoms with Crippen LogP contribution < -0.4 is 0 Å². The summed E-state index contributed by atoms with van der Waals surface area (Å²) in [5.41, 5.74) is 2.31. The minimum absolute atomic E-state index is 0.0185. The van der Waals surface area contributed by atoms with Crippen LogP contribution in [0.2, 0.25) is 5.02 Å². The molecule has 0 N–H and O–H groups in total. The first-order valence-corrected chi connectivity index (χ1v) is 11.9. The van der Waals surface area contributed by atoms with Crippen LogP contribution in [-0.2, 0) is 16.4 Å². The van der Waals surface area contributed by atoms with Crippen molar-refractivity contribution in [1.29, 1.82) is 0 Å². The third-order valence-electron chi connectivity index (χ3n) is 5.40. The van der Waals surface area contributed by atoms with Crippen LogP contribution >= 0.6 is 11.6 Å². The Morgan fingerprint density at radius 1 is 1.10 bits per heavy atom. The Bertz CT molecular complexity index is 1170. The summed E-state index contributed by atoms with van der Waals surface area (Å²) in [6.45, 7) is 2.09. The van der Waals surface area contributed by atoms with Crippen molar-refractivity contribution in [3.05, 3.63) is 82.6 Å². The highest BCUT2D eigenvalue weighted by Gasteiger charge is 2.35. The predicted molar refractivity (Wildman–Crippen MR) is 117 cm³/mol. The van der Waals surface area contributed by atoms with Crippen molar-refractivity contribution < 1.29 is 17.6 Å². The van der Waals surface area contributed by atoms with Crippen molar-refractivity contribution in [1.82, 2.24) is 4.90 Å². The second-order valence-corrected chi connectivity index (χ2v) is 10.2. The summed E-state index contributed by atoms with van der Waals surface area (Å²) < 4.78 is 30.1. The molecule has 4 rings (SSSR count). The summed E-state index contributed by atoms with van der Waals surface area (Å²) in [7, 11) is -3.14. The maximum atomic E-state index is 13.4. The van der Waals surface area contributed by atoms with Crippen molar-refractivity contribution in [3.8, 4) is 11.3 Å². The van der Waals surface area contributed by atoms with Crippen LogP contribution in [0.3, 0.4) is 0 Å². The molecule has 156 valence electrons. The van der Waals surface area contributed by atoms with Crippen LogP contribution in [0.25, 0.3) is 11.3 Å². The van der Waals surface area contributed by atoms with E-state index >= 15 is 0 Å². The molecule has 1 saturated heterocycles. The normalized spacial score (nSPS) is 17.7. The lowest BCUT2D eigenvalue weighted by Gasteiger charge is -2.28. The molecule has 2 heterocycles. The number of carbonyl (C=O) groups is 1. The number of amides is 1. The monoisotopic (exact) mass is 443 g/mol. The topological polar surface area (TPSA) is 67.6 Å². The average Bonchev–Trinajstić information content (AvgIpc) is 3.33. The molecule has 5 nitrogen and oxygen atoms in total. The van der Waals surface area contributed by atoms with Gasteiger partial charge in [0, 0.05) is 22.2 Å². The Morgan fingerprint density at radius 3 is 2.50 bits per heavy atom. The lowest BCUT2D eigenvalue weighted by molar-refractivity contribution is 0.0666. The highest BCUT2D eigenvalue weighted by Crippen LogP contribution is 2.27. The number of carbonyl (C=O) groups excluding carboxylic acids is 1. The Kier molecular flexibility index (Phi) is 5.71. The minimum atomic E-state index is -3.14. The zero-order chi connectivity index (χ0) is 21.3. The molecular weight excluding hydrogens is 422 g/mol. The molecule has 1 fully saturated rings. The molecule has 0 aliphatic carbocycles. The number of halogens is 1. The van der Waals surface area contributed by atoms with Crippen LogP contribution in [0, 0.1) is 6.92 Å². The molecule has 0 radical (unpaired) electrons. The van der Waals surface area contributed by atoms with E-state index in [-0.39, 0.29) is 30.0 Å². The van der Waals surface area contributed by atoms with Gasteiger partial charge in [0.2, 0.25) is 0 Å². The summed E-state index contributed by atoms with van der Waals surface area (Å²) in [5, 5.41) is 0.642. The summed E-state index contributed by atoms with van der Waals surface area (Å²) >= 11 is 5.95. The van der Waals surface area contributed by atoms with Crippen LogP contribution in [-0.4, -0.2) is 36.8 Å². The molecule has 2 aromatic carbocycles. The lowest BCUT2D eigenvalue weighted by Crippen LogP contribution is -2.40. The van der Waals surface area contributed by atoms with E-state index in [1.165, 1.54) is 0 Å². The molecule has 0 unspecified atom stereocenters. The SMILES string of the molecule is Cc1ccccc1C(=O)N(Cc1ccc(-c2ccc(Cl)cc2)o1)[C@@H]1CCS(=O)(=O)C1. The second kappa shape index (κ2) is 8.28. The summed E-state index contributed by atoms with van der Waals surface area (Å²) in [5.74, 6) is 1.17. The molecular formula is C23H22ClNO4S. The van der Waals surface area contributed by atoms with Crippen LogP contribution in [0.15, 0.2) is 65.1 Å². The number of aryl methyl sites for hydroxylation is 1. The Morgan fingerprint density at radius 2 is 1.83 bits per heavy atom. The Hall–Kier alpha value is -2.57. The molecule has 1 aliphatic heterocycles. The highest BCUT2D eigenvalue weighted by molar-refractivity contribution is 7.91. The summed E-state index contributed by atoms with van der Waals surface area (Å²) in [4.78, 5) is 15.0. The number of hydrogen-bond acceptors (Lipinski definition) is 4. The number of nitrogens with zero attached hydrogens (tertiary/aromatic N) is 1. The van der Waals surface area contributed by atoms with Gasteiger partial charge in [-0.2, -0.15) is 0 Å². The third kappa shape index (κ3) is 4.45. The van der Waals surface area contributed by atoms with Gasteiger partial charge in [-0.25, -0.2) is 8.42 Å². The van der Waals surface area contributed by atoms with Crippen molar-refractivity contribution >= 4 is 27.3 Å². The van der Waals surface area contributed by atoms with Gasteiger partial charge < -0.3 is 9.32 Å². The zero-order valence-corrected chi connectivity index (χ0v) is 18.1. The quantitative estimate of drug-likeness (QED) is 0.571. The largest absolute Gasteiger partial charge is 0.459 e. The maximum Gasteiger partial charge on any atom is 0.254 e. The van der Waals surface area contributed by atoms with E-state index in [2.05, 4.69) is 0 Å². The summed E-state index contributed by atoms with van der Waals surface area (Å²) in [6.07, 6.45) is 0.435. The van der Waals surface area contributed by atoms with Gasteiger partial charge in [-0.3, -0.25) is 4.79 Å². The number of sulfone groups is 1. The van der Waals surface area contributed by atoms with E-state index in [4.69, 9.17) is 16.0 Å². The fraction of sp³-hybridized carbons (Fsp3) is 0.261. The molecule has 1 aliphatic rings. The number of furan rings is 1. The first-order chi connectivity index (χ1) is 14.3. The Balaban J connectivity index is 1.63. The zero-order valence-electron chi connectivity index (χ0n) is 16.5. The average molecular weight is 444 g/mol. The van der Waals surface area contributed by atoms with Crippen LogP contribution in [0.4, 0.5) is 0 Å². The van der Waals surface area contributed by atoms with Crippen molar-refractivity contribution in [2.24, 2.45) is 0 Å². The van der Waals surface area contributed by atoms with Crippen LogP contribution in [0.5, 0.6) is 0 Å². The van der Waals surface area contributed by atoms with Gasteiger partial charge in [-0.05, 0) is 61.4 Å². The fourth-order valence-electron chi connectivity index (χ4n) is 3.76. The van der Waals surface area contributed by atoms with Crippen molar-refractivity contribution in [2.75, 3.05) is 11.5 Å². The van der Waals surface area contributed by atoms with Gasteiger partial charge in [0.05, 0.1) is 18.1 Å². The van der Waals surface area contributed by atoms with Gasteiger partial charge in [0.15, 0.2) is 9.84 Å². The smallest absolute Gasteiger partial charge is 0.254 e. The van der Waals surface area contributed by atoms with E-state index < -0.39 is 9.84 Å². The van der Waals surface area contributed by atoms with Gasteiger partial charge in [-0.15, -0.1) is 0 Å². The predicted octanol–water partition coefficient (Wildman–Crippen LogP) is 4.74. The van der Waals surface area contributed by atoms with Crippen LogP contribution in [0.1, 0.15) is 28.1 Å². The molecule has 0 bridgehead atoms. The molecule has 0 saturated carbocycles. The molecule has 1 aromatic heterocycles. The highest BCUT2D eigenvalue weighted by atomic mass is 35.5. The third-order valence-corrected chi connectivity index (χ3v) is 7.40. The van der Waals surface area contributed by atoms with E-state index in [0.29, 0.717) is 28.5 Å². The van der Waals surface area contributed by atoms with E-state index in [9.17, 15) is 13.2 Å². The van der Waals surface area contributed by atoms with E-state index in [1.807, 2.05) is 49.4 Å². The first-order valence-electron chi connectivity index (χ1n) is 9.74. The molecule has 7 heteroatoms. The number of hydrogen-bond donors (Lipinski definition) is 0. The number of benzene rings is 2. The first kappa shape index (κ1) is 20.7. The molecule has 1 atom stereocenters. The Labute approximate surface area is 181 Å². The van der Waals surface area contributed by atoms with Gasteiger partial charge in [0.1, 0.15) is 11.5 Å². The molecule has 0 spiro atoms. The lowest BCUT2D eigenvalue weighted by atomic mass is 10.1. The molecule has 3 aromatic rings. The van der Waals surface area contributed by atoms with Crippen molar-refractivity contribution in [3.63, 3.8) is 0 Å². The standard InChI is InChI=1S/C23H22ClNO4S/c1-16-4-2-3-5-21(16)23(26)25(19-12-13-30(27,28)15-19)14-20-10-11-22(29-20)17-6-8-18(24)9-7-17/h2-11,19H,12-15H2,1H3/t19-/m1/s1. The van der Waals surface area contributed by atoms with Gasteiger partial charge >= 0.3 is 0 Å². The van der Waals surface area contributed by atoms with Gasteiger partial charge in [0.25, 0.3) is 5.91 Å². The maximum absolute atomic E-state index is 13.4.